The van der Waals surface area contributed by atoms with E-state index in [1.807, 2.05) is 49.5 Å². The molecule has 1 saturated heterocycles. The minimum absolute atomic E-state index is 0.0918. The second kappa shape index (κ2) is 6.89. The number of aromatic nitrogens is 3. The van der Waals surface area contributed by atoms with Crippen LogP contribution in [-0.2, 0) is 11.4 Å². The van der Waals surface area contributed by atoms with E-state index in [4.69, 9.17) is 4.74 Å². The highest BCUT2D eigenvalue weighted by Gasteiger charge is 2.19. The van der Waals surface area contributed by atoms with Crippen LogP contribution in [0.1, 0.15) is 5.56 Å². The van der Waals surface area contributed by atoms with Crippen molar-refractivity contribution < 1.29 is 4.74 Å². The molecule has 0 saturated carbocycles. The topological polar surface area (TPSA) is 52.3 Å². The quantitative estimate of drug-likeness (QED) is 0.553. The number of para-hydroxylation sites is 1. The molecule has 6 heteroatoms. The predicted octanol–water partition coefficient (Wildman–Crippen LogP) is 2.94. The first-order chi connectivity index (χ1) is 13.7. The van der Waals surface area contributed by atoms with Crippen LogP contribution in [0.15, 0.2) is 59.5 Å². The molecule has 3 heterocycles. The summed E-state index contributed by atoms with van der Waals surface area (Å²) in [5.41, 5.74) is 3.60. The summed E-state index contributed by atoms with van der Waals surface area (Å²) in [6.07, 6.45) is 1.81. The molecule has 0 spiro atoms. The van der Waals surface area contributed by atoms with Crippen molar-refractivity contribution in [1.82, 2.24) is 19.2 Å². The van der Waals surface area contributed by atoms with Gasteiger partial charge in [-0.25, -0.2) is 0 Å². The summed E-state index contributed by atoms with van der Waals surface area (Å²) in [6, 6.07) is 16.0. The molecule has 1 fully saturated rings. The smallest absolute Gasteiger partial charge is 0.296 e. The van der Waals surface area contributed by atoms with E-state index in [2.05, 4.69) is 26.7 Å². The van der Waals surface area contributed by atoms with Crippen LogP contribution >= 0.6 is 0 Å². The summed E-state index contributed by atoms with van der Waals surface area (Å²) in [6.45, 7) is 5.89. The molecule has 2 aromatic carbocycles. The van der Waals surface area contributed by atoms with Gasteiger partial charge >= 0.3 is 0 Å². The zero-order valence-corrected chi connectivity index (χ0v) is 15.8. The molecular formula is C22H22N4O2. The molecule has 0 N–H and O–H groups in total. The Morgan fingerprint density at radius 1 is 1.00 bits per heavy atom. The van der Waals surface area contributed by atoms with Crippen LogP contribution in [0.4, 0.5) is 0 Å². The van der Waals surface area contributed by atoms with E-state index in [0.717, 1.165) is 53.8 Å². The van der Waals surface area contributed by atoms with Gasteiger partial charge in [-0.3, -0.25) is 9.69 Å². The number of morpholine rings is 1. The molecule has 2 aromatic heterocycles. The summed E-state index contributed by atoms with van der Waals surface area (Å²) >= 11 is 0. The maximum atomic E-state index is 13.5. The van der Waals surface area contributed by atoms with Crippen molar-refractivity contribution in [1.29, 1.82) is 0 Å². The number of hydrogen-bond acceptors (Lipinski definition) is 4. The van der Waals surface area contributed by atoms with Crippen molar-refractivity contribution in [2.45, 2.75) is 13.6 Å². The normalized spacial score (nSPS) is 15.5. The van der Waals surface area contributed by atoms with Gasteiger partial charge in [0.1, 0.15) is 5.52 Å². The Kier molecular flexibility index (Phi) is 4.22. The average molecular weight is 374 g/mol. The molecule has 4 aromatic rings. The van der Waals surface area contributed by atoms with Crippen molar-refractivity contribution in [2.24, 2.45) is 0 Å². The first-order valence-corrected chi connectivity index (χ1v) is 9.59. The fourth-order valence-electron chi connectivity index (χ4n) is 3.92. The second-order valence-corrected chi connectivity index (χ2v) is 7.28. The molecule has 28 heavy (non-hydrogen) atoms. The predicted molar refractivity (Wildman–Crippen MR) is 110 cm³/mol. The summed E-state index contributed by atoms with van der Waals surface area (Å²) in [5, 5.41) is 6.44. The Labute approximate surface area is 162 Å². The fraction of sp³-hybridized carbons (Fsp3) is 0.273. The van der Waals surface area contributed by atoms with Gasteiger partial charge in [-0.15, -0.1) is 0 Å². The lowest BCUT2D eigenvalue weighted by molar-refractivity contribution is 0.0248. The molecule has 0 atom stereocenters. The Morgan fingerprint density at radius 2 is 1.75 bits per heavy atom. The summed E-state index contributed by atoms with van der Waals surface area (Å²) in [4.78, 5) is 15.8. The molecule has 0 amide bonds. The highest BCUT2D eigenvalue weighted by atomic mass is 16.5. The highest BCUT2D eigenvalue weighted by molar-refractivity contribution is 6.07. The van der Waals surface area contributed by atoms with E-state index in [1.165, 1.54) is 4.68 Å². The van der Waals surface area contributed by atoms with E-state index in [1.54, 1.807) is 0 Å². The molecule has 142 valence electrons. The van der Waals surface area contributed by atoms with Crippen LogP contribution in [-0.4, -0.2) is 45.6 Å². The van der Waals surface area contributed by atoms with Gasteiger partial charge in [0.15, 0.2) is 0 Å². The lowest BCUT2D eigenvalue weighted by Gasteiger charge is -2.27. The Balaban J connectivity index is 1.74. The monoisotopic (exact) mass is 374 g/mol. The van der Waals surface area contributed by atoms with Gasteiger partial charge in [-0.05, 0) is 25.1 Å². The van der Waals surface area contributed by atoms with Gasteiger partial charge in [0.05, 0.1) is 37.3 Å². The molecule has 1 aliphatic heterocycles. The third-order valence-corrected chi connectivity index (χ3v) is 5.43. The standard InChI is InChI=1S/C22H22N4O2/c1-16-6-8-17(9-7-16)26-22(27)21-19(14-23-26)18-4-2-3-5-20(18)25(21)15-24-10-12-28-13-11-24/h2-9,14H,10-13,15H2,1H3. The van der Waals surface area contributed by atoms with Crippen LogP contribution in [0.5, 0.6) is 0 Å². The van der Waals surface area contributed by atoms with Gasteiger partial charge in [0.25, 0.3) is 5.56 Å². The lowest BCUT2D eigenvalue weighted by atomic mass is 10.2. The van der Waals surface area contributed by atoms with Crippen molar-refractivity contribution in [3.63, 3.8) is 0 Å². The molecule has 0 unspecified atom stereocenters. The van der Waals surface area contributed by atoms with Crippen LogP contribution < -0.4 is 5.56 Å². The van der Waals surface area contributed by atoms with E-state index in [0.29, 0.717) is 12.2 Å². The van der Waals surface area contributed by atoms with Crippen LogP contribution in [0.25, 0.3) is 27.5 Å². The molecular weight excluding hydrogens is 352 g/mol. The molecule has 0 radical (unpaired) electrons. The minimum Gasteiger partial charge on any atom is -0.379 e. The highest BCUT2D eigenvalue weighted by Crippen LogP contribution is 2.27. The number of hydrogen-bond donors (Lipinski definition) is 0. The summed E-state index contributed by atoms with van der Waals surface area (Å²) in [5.74, 6) is 0. The van der Waals surface area contributed by atoms with Crippen LogP contribution in [0.2, 0.25) is 0 Å². The van der Waals surface area contributed by atoms with E-state index < -0.39 is 0 Å². The SMILES string of the molecule is Cc1ccc(-n2ncc3c4ccccc4n(CN4CCOCC4)c3c2=O)cc1. The van der Waals surface area contributed by atoms with E-state index >= 15 is 0 Å². The maximum Gasteiger partial charge on any atom is 0.296 e. The molecule has 0 aliphatic carbocycles. The number of fused-ring (bicyclic) bond motifs is 3. The van der Waals surface area contributed by atoms with E-state index in [-0.39, 0.29) is 5.56 Å². The van der Waals surface area contributed by atoms with Crippen molar-refractivity contribution >= 4 is 21.8 Å². The van der Waals surface area contributed by atoms with Crippen LogP contribution in [0.3, 0.4) is 0 Å². The zero-order valence-electron chi connectivity index (χ0n) is 15.8. The average Bonchev–Trinajstić information content (AvgIpc) is 3.05. The third kappa shape index (κ3) is 2.82. The van der Waals surface area contributed by atoms with Crippen molar-refractivity contribution in [3.05, 3.63) is 70.6 Å². The lowest BCUT2D eigenvalue weighted by Crippen LogP contribution is -2.38. The zero-order chi connectivity index (χ0) is 19.1. The number of rotatable bonds is 3. The van der Waals surface area contributed by atoms with Crippen LogP contribution in [0, 0.1) is 6.92 Å². The van der Waals surface area contributed by atoms with Crippen molar-refractivity contribution in [3.8, 4) is 5.69 Å². The third-order valence-electron chi connectivity index (χ3n) is 5.43. The maximum absolute atomic E-state index is 13.5. The first-order valence-electron chi connectivity index (χ1n) is 9.59. The molecule has 1 aliphatic rings. The molecule has 0 bridgehead atoms. The first kappa shape index (κ1) is 17.2. The summed E-state index contributed by atoms with van der Waals surface area (Å²) in [7, 11) is 0. The largest absolute Gasteiger partial charge is 0.379 e. The minimum atomic E-state index is -0.0918. The van der Waals surface area contributed by atoms with E-state index in [9.17, 15) is 4.79 Å². The summed E-state index contributed by atoms with van der Waals surface area (Å²) < 4.78 is 9.10. The number of ether oxygens (including phenoxy) is 1. The number of aryl methyl sites for hydroxylation is 1. The van der Waals surface area contributed by atoms with Crippen molar-refractivity contribution in [2.75, 3.05) is 26.3 Å². The Hall–Kier alpha value is -2.96. The number of nitrogens with zero attached hydrogens (tertiary/aromatic N) is 4. The molecule has 6 nitrogen and oxygen atoms in total. The Bertz CT molecular complexity index is 1200. The van der Waals surface area contributed by atoms with Gasteiger partial charge in [0, 0.05) is 23.9 Å². The van der Waals surface area contributed by atoms with Gasteiger partial charge in [-0.2, -0.15) is 9.78 Å². The van der Waals surface area contributed by atoms with Gasteiger partial charge < -0.3 is 9.30 Å². The number of benzene rings is 2. The van der Waals surface area contributed by atoms with Gasteiger partial charge in [-0.1, -0.05) is 35.9 Å². The second-order valence-electron chi connectivity index (χ2n) is 7.28. The fourth-order valence-corrected chi connectivity index (χ4v) is 3.92. The Morgan fingerprint density at radius 3 is 2.54 bits per heavy atom. The van der Waals surface area contributed by atoms with Gasteiger partial charge in [0.2, 0.25) is 0 Å². The molecule has 5 rings (SSSR count).